The van der Waals surface area contributed by atoms with Gasteiger partial charge in [-0.1, -0.05) is 11.6 Å². The number of benzene rings is 1. The second-order valence-corrected chi connectivity index (χ2v) is 6.14. The summed E-state index contributed by atoms with van der Waals surface area (Å²) in [6, 6.07) is 11.0. The highest BCUT2D eigenvalue weighted by Gasteiger charge is 2.11. The maximum absolute atomic E-state index is 12.4. The Morgan fingerprint density at radius 2 is 2.20 bits per heavy atom. The maximum Gasteiger partial charge on any atom is 0.253 e. The Kier molecular flexibility index (Phi) is 5.68. The molecule has 5 nitrogen and oxygen atoms in total. The smallest absolute Gasteiger partial charge is 0.253 e. The fourth-order valence-electron chi connectivity index (χ4n) is 2.51. The van der Waals surface area contributed by atoms with Crippen LogP contribution < -0.4 is 5.32 Å². The number of hydrogen-bond acceptors (Lipinski definition) is 4. The van der Waals surface area contributed by atoms with Crippen LogP contribution in [0.1, 0.15) is 28.2 Å². The van der Waals surface area contributed by atoms with E-state index in [0.29, 0.717) is 36.0 Å². The van der Waals surface area contributed by atoms with E-state index in [1.807, 2.05) is 37.3 Å². The zero-order valence-electron chi connectivity index (χ0n) is 13.9. The van der Waals surface area contributed by atoms with Gasteiger partial charge in [0.05, 0.1) is 23.0 Å². The summed E-state index contributed by atoms with van der Waals surface area (Å²) in [5.41, 5.74) is 2.08. The third-order valence-electron chi connectivity index (χ3n) is 3.79. The minimum absolute atomic E-state index is 0.141. The lowest BCUT2D eigenvalue weighted by Gasteiger charge is -2.09. The monoisotopic (exact) mass is 358 g/mol. The van der Waals surface area contributed by atoms with E-state index >= 15 is 0 Å². The predicted molar refractivity (Wildman–Crippen MR) is 96.8 cm³/mol. The van der Waals surface area contributed by atoms with Gasteiger partial charge in [-0.2, -0.15) is 0 Å². The molecular formula is C19H19ClN2O3. The standard InChI is InChI=1S/C19H19ClN2O3/c1-13-17(11-14-10-15(20)5-6-18(14)22-13)19(23)21-7-3-8-24-12-16-4-2-9-25-16/h2,4-6,9-11H,3,7-8,12H2,1H3,(H,21,23). The molecule has 0 atom stereocenters. The van der Waals surface area contributed by atoms with E-state index in [1.54, 1.807) is 12.3 Å². The number of nitrogens with zero attached hydrogens (tertiary/aromatic N) is 1. The fourth-order valence-corrected chi connectivity index (χ4v) is 2.69. The fraction of sp³-hybridized carbons (Fsp3) is 0.263. The van der Waals surface area contributed by atoms with Crippen LogP contribution in [0.2, 0.25) is 5.02 Å². The Bertz CT molecular complexity index is 862. The van der Waals surface area contributed by atoms with Crippen LogP contribution in [0.15, 0.2) is 47.1 Å². The summed E-state index contributed by atoms with van der Waals surface area (Å²) >= 11 is 6.01. The maximum atomic E-state index is 12.4. The largest absolute Gasteiger partial charge is 0.467 e. The van der Waals surface area contributed by atoms with Crippen LogP contribution in [-0.2, 0) is 11.3 Å². The van der Waals surface area contributed by atoms with Crippen molar-refractivity contribution in [3.05, 3.63) is 64.7 Å². The third kappa shape index (κ3) is 4.59. The number of ether oxygens (including phenoxy) is 1. The van der Waals surface area contributed by atoms with Crippen LogP contribution in [0.5, 0.6) is 0 Å². The molecule has 0 saturated carbocycles. The first-order valence-electron chi connectivity index (χ1n) is 8.09. The summed E-state index contributed by atoms with van der Waals surface area (Å²) in [6.45, 7) is 3.35. The molecule has 2 aromatic heterocycles. The normalized spacial score (nSPS) is 11.0. The van der Waals surface area contributed by atoms with Crippen LogP contribution >= 0.6 is 11.6 Å². The molecule has 2 heterocycles. The zero-order chi connectivity index (χ0) is 17.6. The van der Waals surface area contributed by atoms with Gasteiger partial charge in [-0.15, -0.1) is 0 Å². The lowest BCUT2D eigenvalue weighted by Crippen LogP contribution is -2.26. The van der Waals surface area contributed by atoms with Gasteiger partial charge < -0.3 is 14.5 Å². The van der Waals surface area contributed by atoms with E-state index in [2.05, 4.69) is 10.3 Å². The van der Waals surface area contributed by atoms with Crippen molar-refractivity contribution >= 4 is 28.4 Å². The van der Waals surface area contributed by atoms with E-state index in [-0.39, 0.29) is 5.91 Å². The number of hydrogen-bond donors (Lipinski definition) is 1. The minimum Gasteiger partial charge on any atom is -0.467 e. The molecule has 1 N–H and O–H groups in total. The van der Waals surface area contributed by atoms with Gasteiger partial charge >= 0.3 is 0 Å². The number of carbonyl (C=O) groups excluding carboxylic acids is 1. The number of rotatable bonds is 7. The second-order valence-electron chi connectivity index (χ2n) is 5.70. The summed E-state index contributed by atoms with van der Waals surface area (Å²) in [6.07, 6.45) is 2.34. The Labute approximate surface area is 151 Å². The molecule has 130 valence electrons. The minimum atomic E-state index is -0.141. The number of aryl methyl sites for hydroxylation is 1. The molecular weight excluding hydrogens is 340 g/mol. The van der Waals surface area contributed by atoms with E-state index < -0.39 is 0 Å². The van der Waals surface area contributed by atoms with Crippen LogP contribution in [0.25, 0.3) is 10.9 Å². The highest BCUT2D eigenvalue weighted by Crippen LogP contribution is 2.20. The quantitative estimate of drug-likeness (QED) is 0.645. The number of aromatic nitrogens is 1. The summed E-state index contributed by atoms with van der Waals surface area (Å²) in [4.78, 5) is 16.8. The van der Waals surface area contributed by atoms with Gasteiger partial charge in [0.25, 0.3) is 5.91 Å². The molecule has 0 saturated heterocycles. The number of carbonyl (C=O) groups is 1. The van der Waals surface area contributed by atoms with Crippen molar-refractivity contribution in [3.8, 4) is 0 Å². The molecule has 3 rings (SSSR count). The molecule has 0 spiro atoms. The Hall–Kier alpha value is -2.37. The highest BCUT2D eigenvalue weighted by atomic mass is 35.5. The van der Waals surface area contributed by atoms with Gasteiger partial charge in [0.15, 0.2) is 0 Å². The molecule has 0 bridgehead atoms. The van der Waals surface area contributed by atoms with Crippen molar-refractivity contribution in [1.29, 1.82) is 0 Å². The lowest BCUT2D eigenvalue weighted by atomic mass is 10.1. The molecule has 25 heavy (non-hydrogen) atoms. The molecule has 0 radical (unpaired) electrons. The van der Waals surface area contributed by atoms with Gasteiger partial charge in [0, 0.05) is 23.6 Å². The first-order chi connectivity index (χ1) is 12.1. The lowest BCUT2D eigenvalue weighted by molar-refractivity contribution is 0.0916. The molecule has 6 heteroatoms. The van der Waals surface area contributed by atoms with Gasteiger partial charge in [-0.3, -0.25) is 9.78 Å². The topological polar surface area (TPSA) is 64.4 Å². The molecule has 3 aromatic rings. The third-order valence-corrected chi connectivity index (χ3v) is 4.02. The number of furan rings is 1. The van der Waals surface area contributed by atoms with Crippen LogP contribution in [-0.4, -0.2) is 24.0 Å². The molecule has 0 aliphatic carbocycles. The average molecular weight is 359 g/mol. The van der Waals surface area contributed by atoms with Crippen LogP contribution in [0, 0.1) is 6.92 Å². The zero-order valence-corrected chi connectivity index (χ0v) is 14.7. The molecule has 0 unspecified atom stereocenters. The van der Waals surface area contributed by atoms with Crippen molar-refractivity contribution in [1.82, 2.24) is 10.3 Å². The first kappa shape index (κ1) is 17.5. The van der Waals surface area contributed by atoms with Crippen LogP contribution in [0.3, 0.4) is 0 Å². The van der Waals surface area contributed by atoms with Crippen molar-refractivity contribution in [2.24, 2.45) is 0 Å². The first-order valence-corrected chi connectivity index (χ1v) is 8.46. The summed E-state index contributed by atoms with van der Waals surface area (Å²) < 4.78 is 10.7. The van der Waals surface area contributed by atoms with Gasteiger partial charge in [-0.05, 0) is 49.7 Å². The van der Waals surface area contributed by atoms with Gasteiger partial charge in [0.2, 0.25) is 0 Å². The van der Waals surface area contributed by atoms with E-state index in [4.69, 9.17) is 20.8 Å². The van der Waals surface area contributed by atoms with E-state index in [0.717, 1.165) is 23.1 Å². The summed E-state index contributed by atoms with van der Waals surface area (Å²) in [5.74, 6) is 0.651. The Morgan fingerprint density at radius 1 is 1.32 bits per heavy atom. The van der Waals surface area contributed by atoms with E-state index in [9.17, 15) is 4.79 Å². The predicted octanol–water partition coefficient (Wildman–Crippen LogP) is 4.13. The molecule has 1 amide bonds. The van der Waals surface area contributed by atoms with Crippen molar-refractivity contribution in [2.75, 3.05) is 13.2 Å². The Morgan fingerprint density at radius 3 is 3.00 bits per heavy atom. The number of nitrogens with one attached hydrogen (secondary N) is 1. The average Bonchev–Trinajstić information content (AvgIpc) is 3.11. The van der Waals surface area contributed by atoms with Crippen molar-refractivity contribution in [3.63, 3.8) is 0 Å². The molecule has 0 fully saturated rings. The van der Waals surface area contributed by atoms with Crippen molar-refractivity contribution < 1.29 is 13.9 Å². The number of fused-ring (bicyclic) bond motifs is 1. The second kappa shape index (κ2) is 8.14. The summed E-state index contributed by atoms with van der Waals surface area (Å²) in [7, 11) is 0. The molecule has 0 aliphatic rings. The highest BCUT2D eigenvalue weighted by molar-refractivity contribution is 6.31. The van der Waals surface area contributed by atoms with Gasteiger partial charge in [-0.25, -0.2) is 0 Å². The number of amides is 1. The molecule has 0 aliphatic heterocycles. The van der Waals surface area contributed by atoms with Crippen molar-refractivity contribution in [2.45, 2.75) is 20.0 Å². The molecule has 1 aromatic carbocycles. The SMILES string of the molecule is Cc1nc2ccc(Cl)cc2cc1C(=O)NCCCOCc1ccco1. The number of halogens is 1. The Balaban J connectivity index is 1.50. The van der Waals surface area contributed by atoms with Gasteiger partial charge in [0.1, 0.15) is 12.4 Å². The number of pyridine rings is 1. The summed E-state index contributed by atoms with van der Waals surface area (Å²) in [5, 5.41) is 4.37. The van der Waals surface area contributed by atoms with Crippen LogP contribution in [0.4, 0.5) is 0 Å². The van der Waals surface area contributed by atoms with E-state index in [1.165, 1.54) is 0 Å².